The maximum atomic E-state index is 12.9. The minimum absolute atomic E-state index is 0.102. The molecule has 1 aromatic carbocycles. The molecule has 1 saturated heterocycles. The Morgan fingerprint density at radius 2 is 1.85 bits per heavy atom. The molecule has 0 spiro atoms. The van der Waals surface area contributed by atoms with Gasteiger partial charge in [0, 0.05) is 31.9 Å². The van der Waals surface area contributed by atoms with Gasteiger partial charge in [-0.2, -0.15) is 0 Å². The normalized spacial score (nSPS) is 17.0. The molecule has 0 radical (unpaired) electrons. The van der Waals surface area contributed by atoms with Crippen molar-refractivity contribution in [2.45, 2.75) is 26.5 Å². The lowest BCUT2D eigenvalue weighted by molar-refractivity contribution is -0.141. The summed E-state index contributed by atoms with van der Waals surface area (Å²) in [5, 5.41) is 12.4. The van der Waals surface area contributed by atoms with Gasteiger partial charge in [0.1, 0.15) is 12.0 Å². The van der Waals surface area contributed by atoms with Crippen molar-refractivity contribution in [1.29, 1.82) is 0 Å². The Hall–Kier alpha value is -2.28. The molecule has 26 heavy (non-hydrogen) atoms. The van der Waals surface area contributed by atoms with Crippen LogP contribution in [-0.4, -0.2) is 61.8 Å². The molecule has 144 valence electrons. The zero-order chi connectivity index (χ0) is 19.1. The summed E-state index contributed by atoms with van der Waals surface area (Å²) in [6.45, 7) is 6.62. The van der Waals surface area contributed by atoms with Crippen molar-refractivity contribution in [2.24, 2.45) is 11.8 Å². The first kappa shape index (κ1) is 20.0. The van der Waals surface area contributed by atoms with Crippen LogP contribution in [0.3, 0.4) is 0 Å². The van der Waals surface area contributed by atoms with E-state index in [1.165, 1.54) is 0 Å². The summed E-state index contributed by atoms with van der Waals surface area (Å²) in [4.78, 5) is 27.5. The van der Waals surface area contributed by atoms with Gasteiger partial charge in [0.15, 0.2) is 0 Å². The molecule has 2 atom stereocenters. The highest BCUT2D eigenvalue weighted by molar-refractivity contribution is 5.80. The third kappa shape index (κ3) is 5.11. The van der Waals surface area contributed by atoms with Crippen LogP contribution in [0.4, 0.5) is 5.69 Å². The van der Waals surface area contributed by atoms with E-state index in [4.69, 9.17) is 4.74 Å². The summed E-state index contributed by atoms with van der Waals surface area (Å²) in [5.74, 6) is 0.339. The van der Waals surface area contributed by atoms with Crippen LogP contribution in [-0.2, 0) is 9.59 Å². The monoisotopic (exact) mass is 363 g/mol. The van der Waals surface area contributed by atoms with Gasteiger partial charge >= 0.3 is 0 Å². The highest BCUT2D eigenvalue weighted by Gasteiger charge is 2.32. The van der Waals surface area contributed by atoms with Crippen molar-refractivity contribution in [3.63, 3.8) is 0 Å². The van der Waals surface area contributed by atoms with Crippen LogP contribution in [0, 0.1) is 11.8 Å². The largest absolute Gasteiger partial charge is 0.497 e. The predicted octanol–water partition coefficient (Wildman–Crippen LogP) is 1.07. The lowest BCUT2D eigenvalue weighted by Gasteiger charge is -2.38. The summed E-state index contributed by atoms with van der Waals surface area (Å²) in [5.41, 5.74) is 1.10. The number of amides is 2. The minimum Gasteiger partial charge on any atom is -0.497 e. The van der Waals surface area contributed by atoms with E-state index < -0.39 is 12.1 Å². The molecule has 0 saturated carbocycles. The molecule has 2 rings (SSSR count). The fourth-order valence-electron chi connectivity index (χ4n) is 3.27. The Morgan fingerprint density at radius 1 is 1.23 bits per heavy atom. The van der Waals surface area contributed by atoms with Crippen LogP contribution in [0.1, 0.15) is 20.3 Å². The second kappa shape index (κ2) is 9.43. The van der Waals surface area contributed by atoms with Gasteiger partial charge in [0.2, 0.25) is 12.3 Å². The lowest BCUT2D eigenvalue weighted by atomic mass is 9.93. The molecule has 7 nitrogen and oxygen atoms in total. The highest BCUT2D eigenvalue weighted by Crippen LogP contribution is 2.22. The average Bonchev–Trinajstić information content (AvgIpc) is 2.66. The van der Waals surface area contributed by atoms with Gasteiger partial charge in [-0.15, -0.1) is 0 Å². The second-order valence-corrected chi connectivity index (χ2v) is 6.98. The predicted molar refractivity (Wildman–Crippen MR) is 99.9 cm³/mol. The van der Waals surface area contributed by atoms with Gasteiger partial charge in [-0.3, -0.25) is 9.59 Å². The molecule has 7 heteroatoms. The van der Waals surface area contributed by atoms with Crippen molar-refractivity contribution in [3.8, 4) is 5.75 Å². The van der Waals surface area contributed by atoms with Crippen LogP contribution in [0.2, 0.25) is 0 Å². The molecule has 0 aliphatic carbocycles. The number of methoxy groups -OCH3 is 1. The second-order valence-electron chi connectivity index (χ2n) is 6.98. The van der Waals surface area contributed by atoms with E-state index >= 15 is 0 Å². The van der Waals surface area contributed by atoms with E-state index in [-0.39, 0.29) is 11.8 Å². The third-order valence-corrected chi connectivity index (χ3v) is 4.69. The van der Waals surface area contributed by atoms with Crippen molar-refractivity contribution in [3.05, 3.63) is 24.3 Å². The molecular formula is C19H29N3O4. The van der Waals surface area contributed by atoms with Crippen molar-refractivity contribution >= 4 is 18.0 Å². The summed E-state index contributed by atoms with van der Waals surface area (Å²) < 4.78 is 5.18. The smallest absolute Gasteiger partial charge is 0.230 e. The first-order valence-corrected chi connectivity index (χ1v) is 9.01. The molecule has 1 aliphatic rings. The van der Waals surface area contributed by atoms with E-state index in [0.29, 0.717) is 25.9 Å². The summed E-state index contributed by atoms with van der Waals surface area (Å²) in [6, 6.07) is 7.87. The Bertz CT molecular complexity index is 583. The SMILES string of the molecule is COc1ccc(N2CCN(C(=O)[C@@H](CC(C)C)C(O)NC=O)CC2)cc1. The summed E-state index contributed by atoms with van der Waals surface area (Å²) in [7, 11) is 1.64. The first-order valence-electron chi connectivity index (χ1n) is 9.01. The number of hydrogen-bond acceptors (Lipinski definition) is 5. The van der Waals surface area contributed by atoms with Gasteiger partial charge in [0.05, 0.1) is 13.0 Å². The van der Waals surface area contributed by atoms with Crippen LogP contribution in [0.25, 0.3) is 0 Å². The number of benzene rings is 1. The number of piperazine rings is 1. The number of rotatable bonds is 8. The zero-order valence-electron chi connectivity index (χ0n) is 15.7. The number of nitrogens with one attached hydrogen (secondary N) is 1. The number of ether oxygens (including phenoxy) is 1. The molecule has 1 aliphatic heterocycles. The Balaban J connectivity index is 1.97. The molecule has 1 unspecified atom stereocenters. The number of carbonyl (C=O) groups is 2. The number of aliphatic hydroxyl groups is 1. The van der Waals surface area contributed by atoms with Crippen molar-refractivity contribution < 1.29 is 19.4 Å². The molecular weight excluding hydrogens is 334 g/mol. The van der Waals surface area contributed by atoms with Crippen LogP contribution in [0.15, 0.2) is 24.3 Å². The molecule has 0 bridgehead atoms. The molecule has 1 heterocycles. The fourth-order valence-corrected chi connectivity index (χ4v) is 3.27. The summed E-state index contributed by atoms with van der Waals surface area (Å²) in [6.07, 6.45) is -0.186. The van der Waals surface area contributed by atoms with Gasteiger partial charge in [0.25, 0.3) is 0 Å². The van der Waals surface area contributed by atoms with Gasteiger partial charge in [-0.05, 0) is 36.6 Å². The van der Waals surface area contributed by atoms with E-state index in [0.717, 1.165) is 24.5 Å². The number of nitrogens with zero attached hydrogens (tertiary/aromatic N) is 2. The van der Waals surface area contributed by atoms with Gasteiger partial charge < -0.3 is 25.0 Å². The van der Waals surface area contributed by atoms with Crippen LogP contribution in [0.5, 0.6) is 5.75 Å². The molecule has 1 aromatic rings. The Morgan fingerprint density at radius 3 is 2.35 bits per heavy atom. The minimum atomic E-state index is -1.15. The Kier molecular flexibility index (Phi) is 7.26. The number of aliphatic hydroxyl groups excluding tert-OH is 1. The number of carbonyl (C=O) groups excluding carboxylic acids is 2. The van der Waals surface area contributed by atoms with Crippen LogP contribution < -0.4 is 15.0 Å². The summed E-state index contributed by atoms with van der Waals surface area (Å²) >= 11 is 0. The maximum Gasteiger partial charge on any atom is 0.230 e. The number of hydrogen-bond donors (Lipinski definition) is 2. The van der Waals surface area contributed by atoms with Crippen LogP contribution >= 0.6 is 0 Å². The standard InChI is InChI=1S/C19H29N3O4/c1-14(2)12-17(18(24)20-13-23)19(25)22-10-8-21(9-11-22)15-4-6-16(26-3)7-5-15/h4-7,13-14,17-18,24H,8-12H2,1-3H3,(H,20,23)/t17-,18?/m0/s1. The molecule has 2 amide bonds. The Labute approximate surface area is 154 Å². The zero-order valence-corrected chi connectivity index (χ0v) is 15.7. The third-order valence-electron chi connectivity index (χ3n) is 4.69. The highest BCUT2D eigenvalue weighted by atomic mass is 16.5. The van der Waals surface area contributed by atoms with E-state index in [1.54, 1.807) is 12.0 Å². The fraction of sp³-hybridized carbons (Fsp3) is 0.579. The van der Waals surface area contributed by atoms with E-state index in [1.807, 2.05) is 38.1 Å². The molecule has 0 aromatic heterocycles. The maximum absolute atomic E-state index is 12.9. The van der Waals surface area contributed by atoms with E-state index in [2.05, 4.69) is 10.2 Å². The van der Waals surface area contributed by atoms with Crippen molar-refractivity contribution in [1.82, 2.24) is 10.2 Å². The van der Waals surface area contributed by atoms with E-state index in [9.17, 15) is 14.7 Å². The molecule has 1 fully saturated rings. The first-order chi connectivity index (χ1) is 12.5. The van der Waals surface area contributed by atoms with Crippen molar-refractivity contribution in [2.75, 3.05) is 38.2 Å². The quantitative estimate of drug-likeness (QED) is 0.533. The van der Waals surface area contributed by atoms with Gasteiger partial charge in [-0.25, -0.2) is 0 Å². The van der Waals surface area contributed by atoms with Gasteiger partial charge in [-0.1, -0.05) is 13.8 Å². The number of anilines is 1. The average molecular weight is 363 g/mol. The lowest BCUT2D eigenvalue weighted by Crippen LogP contribution is -2.53. The molecule has 2 N–H and O–H groups in total. The topological polar surface area (TPSA) is 82.1 Å².